The molecule has 4 aromatic rings. The van der Waals surface area contributed by atoms with E-state index >= 15 is 0 Å². The minimum atomic E-state index is -0.464. The van der Waals surface area contributed by atoms with Gasteiger partial charge in [-0.05, 0) is 55.7 Å². The smallest absolute Gasteiger partial charge is 0.271 e. The van der Waals surface area contributed by atoms with Gasteiger partial charge in [0.05, 0.1) is 22.3 Å². The topological polar surface area (TPSA) is 90.1 Å². The molecule has 7 nitrogen and oxygen atoms in total. The second-order valence-corrected chi connectivity index (χ2v) is 8.01. The number of nitro benzene ring substituents is 1. The van der Waals surface area contributed by atoms with Gasteiger partial charge in [0, 0.05) is 17.7 Å². The lowest BCUT2D eigenvalue weighted by Gasteiger charge is -2.15. The zero-order valence-corrected chi connectivity index (χ0v) is 18.6. The van der Waals surface area contributed by atoms with Gasteiger partial charge in [0.15, 0.2) is 0 Å². The number of carbonyl (C=O) groups excluding carboxylic acids is 1. The number of nitrogens with zero attached hydrogens (tertiary/aromatic N) is 3. The number of non-ortho nitro benzene ring substituents is 1. The first-order valence-electron chi connectivity index (χ1n) is 10.6. The molecule has 3 aromatic carbocycles. The summed E-state index contributed by atoms with van der Waals surface area (Å²) in [7, 11) is 0. The predicted molar refractivity (Wildman–Crippen MR) is 127 cm³/mol. The Bertz CT molecular complexity index is 1330. The van der Waals surface area contributed by atoms with Crippen molar-refractivity contribution in [2.45, 2.75) is 26.8 Å². The first kappa shape index (κ1) is 22.0. The van der Waals surface area contributed by atoms with Crippen molar-refractivity contribution in [1.82, 2.24) is 15.1 Å². The maximum Gasteiger partial charge on any atom is 0.271 e. The average Bonchev–Trinajstić information content (AvgIpc) is 3.27. The molecule has 0 fully saturated rings. The molecule has 1 heterocycles. The summed E-state index contributed by atoms with van der Waals surface area (Å²) in [5, 5.41) is 19.0. The molecule has 0 aliphatic carbocycles. The van der Waals surface area contributed by atoms with Crippen molar-refractivity contribution >= 4 is 11.6 Å². The van der Waals surface area contributed by atoms with Crippen molar-refractivity contribution in [3.63, 3.8) is 0 Å². The number of amides is 1. The normalized spacial score (nSPS) is 11.7. The predicted octanol–water partition coefficient (Wildman–Crippen LogP) is 5.56. The fraction of sp³-hybridized carbons (Fsp3) is 0.154. The molecule has 166 valence electrons. The lowest BCUT2D eigenvalue weighted by molar-refractivity contribution is -0.384. The Morgan fingerprint density at radius 3 is 2.42 bits per heavy atom. The van der Waals surface area contributed by atoms with Gasteiger partial charge in [0.25, 0.3) is 11.6 Å². The van der Waals surface area contributed by atoms with Crippen LogP contribution in [0.5, 0.6) is 0 Å². The molecule has 0 spiro atoms. The van der Waals surface area contributed by atoms with Gasteiger partial charge in [0.2, 0.25) is 0 Å². The highest BCUT2D eigenvalue weighted by molar-refractivity contribution is 5.94. The van der Waals surface area contributed by atoms with Crippen LogP contribution >= 0.6 is 0 Å². The van der Waals surface area contributed by atoms with Gasteiger partial charge in [-0.3, -0.25) is 14.9 Å². The summed E-state index contributed by atoms with van der Waals surface area (Å²) in [5.74, 6) is -0.319. The SMILES string of the molecule is Cc1ccc(-c2cc(C(=O)NC(C)c3ccccc3)n(-c3cccc([N+](=O)[O-])c3)n2)cc1C. The van der Waals surface area contributed by atoms with Gasteiger partial charge in [-0.15, -0.1) is 0 Å². The van der Waals surface area contributed by atoms with Gasteiger partial charge < -0.3 is 5.32 Å². The number of aromatic nitrogens is 2. The van der Waals surface area contributed by atoms with E-state index in [0.717, 1.165) is 22.3 Å². The van der Waals surface area contributed by atoms with E-state index in [1.165, 1.54) is 16.8 Å². The van der Waals surface area contributed by atoms with E-state index in [0.29, 0.717) is 17.1 Å². The van der Waals surface area contributed by atoms with Crippen LogP contribution in [-0.2, 0) is 0 Å². The fourth-order valence-electron chi connectivity index (χ4n) is 3.62. The Morgan fingerprint density at radius 1 is 0.970 bits per heavy atom. The minimum absolute atomic E-state index is 0.0697. The highest BCUT2D eigenvalue weighted by Crippen LogP contribution is 2.26. The highest BCUT2D eigenvalue weighted by atomic mass is 16.6. The summed E-state index contributed by atoms with van der Waals surface area (Å²) in [6.45, 7) is 5.96. The average molecular weight is 441 g/mol. The second-order valence-electron chi connectivity index (χ2n) is 8.01. The number of aryl methyl sites for hydroxylation is 2. The second kappa shape index (κ2) is 9.08. The maximum atomic E-state index is 13.3. The van der Waals surface area contributed by atoms with Crippen molar-refractivity contribution in [3.8, 4) is 16.9 Å². The van der Waals surface area contributed by atoms with Crippen LogP contribution in [0.1, 0.15) is 40.1 Å². The summed E-state index contributed by atoms with van der Waals surface area (Å²) < 4.78 is 1.46. The van der Waals surface area contributed by atoms with Crippen molar-refractivity contribution < 1.29 is 9.72 Å². The van der Waals surface area contributed by atoms with Crippen LogP contribution in [0.4, 0.5) is 5.69 Å². The molecule has 1 atom stereocenters. The lowest BCUT2D eigenvalue weighted by Crippen LogP contribution is -2.28. The molecular weight excluding hydrogens is 416 g/mol. The zero-order valence-electron chi connectivity index (χ0n) is 18.6. The van der Waals surface area contributed by atoms with Crippen LogP contribution in [-0.4, -0.2) is 20.6 Å². The molecule has 4 rings (SSSR count). The van der Waals surface area contributed by atoms with Gasteiger partial charge in [-0.1, -0.05) is 48.5 Å². The van der Waals surface area contributed by atoms with Crippen LogP contribution < -0.4 is 5.32 Å². The molecule has 1 aromatic heterocycles. The Morgan fingerprint density at radius 2 is 1.73 bits per heavy atom. The monoisotopic (exact) mass is 440 g/mol. The number of benzene rings is 3. The number of nitro groups is 1. The summed E-state index contributed by atoms with van der Waals surface area (Å²) in [6.07, 6.45) is 0. The Balaban J connectivity index is 1.77. The Labute approximate surface area is 191 Å². The van der Waals surface area contributed by atoms with Gasteiger partial charge in [-0.25, -0.2) is 4.68 Å². The summed E-state index contributed by atoms with van der Waals surface area (Å²) in [4.78, 5) is 24.1. The number of nitrogens with one attached hydrogen (secondary N) is 1. The lowest BCUT2D eigenvalue weighted by atomic mass is 10.0. The van der Waals surface area contributed by atoms with E-state index in [2.05, 4.69) is 10.4 Å². The fourth-order valence-corrected chi connectivity index (χ4v) is 3.62. The minimum Gasteiger partial charge on any atom is -0.344 e. The van der Waals surface area contributed by atoms with E-state index in [1.54, 1.807) is 18.2 Å². The van der Waals surface area contributed by atoms with Crippen LogP contribution in [0.3, 0.4) is 0 Å². The van der Waals surface area contributed by atoms with Gasteiger partial charge in [-0.2, -0.15) is 5.10 Å². The summed E-state index contributed by atoms with van der Waals surface area (Å²) in [5.41, 5.74) is 5.40. The van der Waals surface area contributed by atoms with Gasteiger partial charge >= 0.3 is 0 Å². The highest BCUT2D eigenvalue weighted by Gasteiger charge is 2.21. The Hall–Kier alpha value is -4.26. The molecule has 1 N–H and O–H groups in total. The molecule has 0 aliphatic rings. The van der Waals surface area contributed by atoms with E-state index in [4.69, 9.17) is 0 Å². The molecule has 1 amide bonds. The molecule has 0 aliphatic heterocycles. The molecule has 33 heavy (non-hydrogen) atoms. The van der Waals surface area contributed by atoms with Crippen molar-refractivity contribution in [2.24, 2.45) is 0 Å². The largest absolute Gasteiger partial charge is 0.344 e. The maximum absolute atomic E-state index is 13.3. The zero-order chi connectivity index (χ0) is 23.5. The molecule has 0 bridgehead atoms. The summed E-state index contributed by atoms with van der Waals surface area (Å²) in [6, 6.07) is 23.2. The molecule has 0 saturated heterocycles. The molecular formula is C26H24N4O3. The van der Waals surface area contributed by atoms with E-state index < -0.39 is 4.92 Å². The van der Waals surface area contributed by atoms with Crippen LogP contribution in [0.2, 0.25) is 0 Å². The van der Waals surface area contributed by atoms with Crippen molar-refractivity contribution in [3.05, 3.63) is 111 Å². The molecule has 0 saturated carbocycles. The number of carbonyl (C=O) groups is 1. The van der Waals surface area contributed by atoms with Crippen LogP contribution in [0, 0.1) is 24.0 Å². The van der Waals surface area contributed by atoms with E-state index in [1.807, 2.05) is 69.3 Å². The standard InChI is InChI=1S/C26H24N4O3/c1-17-12-13-21(14-18(17)2)24-16-25(26(31)27-19(3)20-8-5-4-6-9-20)29(28-24)22-10-7-11-23(15-22)30(32)33/h4-16,19H,1-3H3,(H,27,31). The first-order chi connectivity index (χ1) is 15.8. The van der Waals surface area contributed by atoms with Crippen molar-refractivity contribution in [2.75, 3.05) is 0 Å². The third kappa shape index (κ3) is 4.67. The summed E-state index contributed by atoms with van der Waals surface area (Å²) >= 11 is 0. The Kier molecular flexibility index (Phi) is 6.04. The number of hydrogen-bond acceptors (Lipinski definition) is 4. The van der Waals surface area contributed by atoms with Crippen LogP contribution in [0.25, 0.3) is 16.9 Å². The first-order valence-corrected chi connectivity index (χ1v) is 10.6. The number of rotatable bonds is 6. The molecule has 7 heteroatoms. The van der Waals surface area contributed by atoms with E-state index in [-0.39, 0.29) is 17.6 Å². The third-order valence-corrected chi connectivity index (χ3v) is 5.68. The van der Waals surface area contributed by atoms with E-state index in [9.17, 15) is 14.9 Å². The third-order valence-electron chi connectivity index (χ3n) is 5.68. The molecule has 1 unspecified atom stereocenters. The van der Waals surface area contributed by atoms with Crippen molar-refractivity contribution in [1.29, 1.82) is 0 Å². The van der Waals surface area contributed by atoms with Gasteiger partial charge in [0.1, 0.15) is 5.69 Å². The molecule has 0 radical (unpaired) electrons. The number of hydrogen-bond donors (Lipinski definition) is 1. The van der Waals surface area contributed by atoms with Crippen LogP contribution in [0.15, 0.2) is 78.9 Å². The quantitative estimate of drug-likeness (QED) is 0.314.